The molecule has 74 valence electrons. The van der Waals surface area contributed by atoms with Gasteiger partial charge in [0, 0.05) is 19.0 Å². The van der Waals surface area contributed by atoms with Crippen LogP contribution in [0.4, 0.5) is 0 Å². The van der Waals surface area contributed by atoms with Crippen molar-refractivity contribution < 1.29 is 0 Å². The van der Waals surface area contributed by atoms with Gasteiger partial charge in [-0.15, -0.1) is 12.3 Å². The molecule has 1 aliphatic heterocycles. The van der Waals surface area contributed by atoms with E-state index >= 15 is 0 Å². The Kier molecular flexibility index (Phi) is 4.88. The van der Waals surface area contributed by atoms with Gasteiger partial charge in [-0.05, 0) is 32.5 Å². The number of nitrogens with zero attached hydrogens (tertiary/aromatic N) is 1. The Morgan fingerprint density at radius 1 is 1.62 bits per heavy atom. The molecule has 13 heavy (non-hydrogen) atoms. The molecule has 2 nitrogen and oxygen atoms in total. The maximum Gasteiger partial charge on any atom is 0.0232 e. The van der Waals surface area contributed by atoms with Crippen LogP contribution in [-0.2, 0) is 0 Å². The minimum absolute atomic E-state index is 0.753. The summed E-state index contributed by atoms with van der Waals surface area (Å²) in [5.41, 5.74) is 0. The predicted molar refractivity (Wildman–Crippen MR) is 56.6 cm³/mol. The molecular weight excluding hydrogens is 160 g/mol. The van der Waals surface area contributed by atoms with Crippen LogP contribution in [-0.4, -0.2) is 37.1 Å². The van der Waals surface area contributed by atoms with Crippen LogP contribution in [0.25, 0.3) is 0 Å². The zero-order valence-electron chi connectivity index (χ0n) is 8.55. The fourth-order valence-corrected chi connectivity index (χ4v) is 1.93. The van der Waals surface area contributed by atoms with E-state index in [1.54, 1.807) is 0 Å². The van der Waals surface area contributed by atoms with E-state index in [1.165, 1.54) is 13.0 Å². The van der Waals surface area contributed by atoms with Gasteiger partial charge in [0.2, 0.25) is 0 Å². The Bertz CT molecular complexity index is 165. The first-order chi connectivity index (χ1) is 6.38. The Labute approximate surface area is 81.7 Å². The molecule has 1 N–H and O–H groups in total. The molecule has 0 aromatic rings. The highest BCUT2D eigenvalue weighted by molar-refractivity contribution is 4.85. The lowest BCUT2D eigenvalue weighted by atomic mass is 10.2. The van der Waals surface area contributed by atoms with Gasteiger partial charge >= 0.3 is 0 Å². The van der Waals surface area contributed by atoms with Crippen LogP contribution >= 0.6 is 0 Å². The fourth-order valence-electron chi connectivity index (χ4n) is 1.93. The van der Waals surface area contributed by atoms with Gasteiger partial charge in [-0.25, -0.2) is 0 Å². The van der Waals surface area contributed by atoms with E-state index in [0.29, 0.717) is 0 Å². The summed E-state index contributed by atoms with van der Waals surface area (Å²) in [7, 11) is 0. The second kappa shape index (κ2) is 6.01. The number of rotatable bonds is 5. The van der Waals surface area contributed by atoms with Crippen molar-refractivity contribution in [2.45, 2.75) is 32.2 Å². The summed E-state index contributed by atoms with van der Waals surface area (Å²) < 4.78 is 0. The van der Waals surface area contributed by atoms with Gasteiger partial charge in [-0.1, -0.05) is 6.92 Å². The Hall–Kier alpha value is -0.520. The number of likely N-dealkylation sites (N-methyl/N-ethyl adjacent to an activating group) is 1. The van der Waals surface area contributed by atoms with E-state index in [4.69, 9.17) is 6.42 Å². The van der Waals surface area contributed by atoms with E-state index in [-0.39, 0.29) is 0 Å². The highest BCUT2D eigenvalue weighted by Crippen LogP contribution is 2.08. The number of hydrogen-bond acceptors (Lipinski definition) is 2. The molecule has 1 fully saturated rings. The van der Waals surface area contributed by atoms with Crippen LogP contribution in [0, 0.1) is 12.3 Å². The van der Waals surface area contributed by atoms with Crippen molar-refractivity contribution in [2.75, 3.05) is 26.2 Å². The standard InChI is InChI=1S/C11H20N2/c1-3-5-6-9-13(4-2)11-7-8-12-10-11/h1,11-12H,4-10H2,2H3. The van der Waals surface area contributed by atoms with Gasteiger partial charge in [0.1, 0.15) is 0 Å². The molecule has 1 atom stereocenters. The number of hydrogen-bond donors (Lipinski definition) is 1. The van der Waals surface area contributed by atoms with Crippen molar-refractivity contribution in [3.05, 3.63) is 0 Å². The number of nitrogens with one attached hydrogen (secondary N) is 1. The fraction of sp³-hybridized carbons (Fsp3) is 0.818. The second-order valence-electron chi connectivity index (χ2n) is 3.58. The summed E-state index contributed by atoms with van der Waals surface area (Å²) in [5, 5.41) is 3.40. The third-order valence-corrected chi connectivity index (χ3v) is 2.72. The summed E-state index contributed by atoms with van der Waals surface area (Å²) in [6, 6.07) is 0.753. The van der Waals surface area contributed by atoms with Crippen molar-refractivity contribution in [2.24, 2.45) is 0 Å². The Morgan fingerprint density at radius 2 is 2.46 bits per heavy atom. The minimum atomic E-state index is 0.753. The third-order valence-electron chi connectivity index (χ3n) is 2.72. The van der Waals surface area contributed by atoms with Crippen LogP contribution in [0.1, 0.15) is 26.2 Å². The van der Waals surface area contributed by atoms with Crippen molar-refractivity contribution in [3.63, 3.8) is 0 Å². The molecular formula is C11H20N2. The van der Waals surface area contributed by atoms with E-state index in [9.17, 15) is 0 Å². The van der Waals surface area contributed by atoms with Crippen LogP contribution in [0.5, 0.6) is 0 Å². The average molecular weight is 180 g/mol. The predicted octanol–water partition coefficient (Wildman–Crippen LogP) is 1.08. The topological polar surface area (TPSA) is 15.3 Å². The quantitative estimate of drug-likeness (QED) is 0.503. The van der Waals surface area contributed by atoms with Gasteiger partial charge in [0.05, 0.1) is 0 Å². The number of terminal acetylenes is 1. The van der Waals surface area contributed by atoms with E-state index in [1.807, 2.05) is 0 Å². The molecule has 0 aliphatic carbocycles. The lowest BCUT2D eigenvalue weighted by Crippen LogP contribution is -2.37. The highest BCUT2D eigenvalue weighted by atomic mass is 15.2. The highest BCUT2D eigenvalue weighted by Gasteiger charge is 2.19. The van der Waals surface area contributed by atoms with Crippen LogP contribution in [0.3, 0.4) is 0 Å². The largest absolute Gasteiger partial charge is 0.315 e. The molecule has 1 aliphatic rings. The van der Waals surface area contributed by atoms with Gasteiger partial charge < -0.3 is 5.32 Å². The first-order valence-electron chi connectivity index (χ1n) is 5.26. The monoisotopic (exact) mass is 180 g/mol. The maximum atomic E-state index is 5.23. The summed E-state index contributed by atoms with van der Waals surface area (Å²) in [6.07, 6.45) is 8.58. The van der Waals surface area contributed by atoms with Crippen molar-refractivity contribution in [3.8, 4) is 12.3 Å². The molecule has 1 saturated heterocycles. The third kappa shape index (κ3) is 3.38. The molecule has 0 aromatic carbocycles. The molecule has 1 unspecified atom stereocenters. The van der Waals surface area contributed by atoms with Crippen molar-refractivity contribution >= 4 is 0 Å². The first-order valence-corrected chi connectivity index (χ1v) is 5.26. The Morgan fingerprint density at radius 3 is 3.00 bits per heavy atom. The first kappa shape index (κ1) is 10.6. The second-order valence-corrected chi connectivity index (χ2v) is 3.58. The molecule has 0 radical (unpaired) electrons. The zero-order chi connectivity index (χ0) is 9.52. The van der Waals surface area contributed by atoms with E-state index in [2.05, 4.69) is 23.1 Å². The van der Waals surface area contributed by atoms with Gasteiger partial charge in [-0.3, -0.25) is 4.90 Å². The lowest BCUT2D eigenvalue weighted by molar-refractivity contribution is 0.217. The van der Waals surface area contributed by atoms with Gasteiger partial charge in [0.25, 0.3) is 0 Å². The molecule has 0 bridgehead atoms. The summed E-state index contributed by atoms with van der Waals surface area (Å²) in [6.45, 7) is 6.87. The van der Waals surface area contributed by atoms with Gasteiger partial charge in [-0.2, -0.15) is 0 Å². The van der Waals surface area contributed by atoms with Crippen LogP contribution in [0.15, 0.2) is 0 Å². The molecule has 0 aromatic heterocycles. The number of unbranched alkanes of at least 4 members (excludes halogenated alkanes) is 1. The van der Waals surface area contributed by atoms with Crippen LogP contribution in [0.2, 0.25) is 0 Å². The summed E-state index contributed by atoms with van der Waals surface area (Å²) in [4.78, 5) is 2.54. The molecule has 0 amide bonds. The molecule has 1 heterocycles. The normalized spacial score (nSPS) is 22.1. The Balaban J connectivity index is 2.21. The minimum Gasteiger partial charge on any atom is -0.315 e. The molecule has 0 spiro atoms. The smallest absolute Gasteiger partial charge is 0.0232 e. The van der Waals surface area contributed by atoms with Crippen molar-refractivity contribution in [1.82, 2.24) is 10.2 Å². The molecule has 2 heteroatoms. The maximum absolute atomic E-state index is 5.23. The van der Waals surface area contributed by atoms with Gasteiger partial charge in [0.15, 0.2) is 0 Å². The van der Waals surface area contributed by atoms with E-state index in [0.717, 1.165) is 38.5 Å². The lowest BCUT2D eigenvalue weighted by Gasteiger charge is -2.26. The van der Waals surface area contributed by atoms with Crippen molar-refractivity contribution in [1.29, 1.82) is 0 Å². The summed E-state index contributed by atoms with van der Waals surface area (Å²) in [5.74, 6) is 2.70. The van der Waals surface area contributed by atoms with E-state index < -0.39 is 0 Å². The van der Waals surface area contributed by atoms with Crippen LogP contribution < -0.4 is 5.32 Å². The molecule has 1 rings (SSSR count). The molecule has 0 saturated carbocycles. The zero-order valence-corrected chi connectivity index (χ0v) is 8.55. The SMILES string of the molecule is C#CCCCN(CC)C1CCNC1. The average Bonchev–Trinajstić information content (AvgIpc) is 2.65. The summed E-state index contributed by atoms with van der Waals surface area (Å²) >= 11 is 0.